The van der Waals surface area contributed by atoms with Crippen molar-refractivity contribution in [1.82, 2.24) is 10.2 Å². The minimum atomic E-state index is -0.192. The smallest absolute Gasteiger partial charge is 0.317 e. The van der Waals surface area contributed by atoms with Gasteiger partial charge >= 0.3 is 6.03 Å². The molecule has 2 amide bonds. The van der Waals surface area contributed by atoms with E-state index in [-0.39, 0.29) is 30.1 Å². The number of aliphatic hydroxyl groups is 1. The van der Waals surface area contributed by atoms with Gasteiger partial charge in [-0.15, -0.1) is 0 Å². The second-order valence-corrected chi connectivity index (χ2v) is 6.70. The van der Waals surface area contributed by atoms with Gasteiger partial charge in [0, 0.05) is 13.1 Å². The minimum Gasteiger partial charge on any atom is -0.394 e. The van der Waals surface area contributed by atoms with Crippen molar-refractivity contribution in [3.05, 3.63) is 35.9 Å². The van der Waals surface area contributed by atoms with E-state index in [4.69, 9.17) is 5.11 Å². The number of nitrogens with one attached hydrogen (secondary N) is 1. The normalized spacial score (nSPS) is 14.4. The summed E-state index contributed by atoms with van der Waals surface area (Å²) in [5.74, 6) is 0. The Balaban J connectivity index is 2.78. The van der Waals surface area contributed by atoms with Crippen LogP contribution in [-0.2, 0) is 6.42 Å². The average molecular weight is 292 g/mol. The number of urea groups is 1. The second kappa shape index (κ2) is 7.46. The fourth-order valence-electron chi connectivity index (χ4n) is 2.00. The van der Waals surface area contributed by atoms with E-state index in [0.717, 1.165) is 6.42 Å². The molecule has 21 heavy (non-hydrogen) atoms. The zero-order chi connectivity index (χ0) is 16.0. The number of hydrogen-bond donors (Lipinski definition) is 2. The van der Waals surface area contributed by atoms with E-state index in [1.54, 1.807) is 11.9 Å². The molecule has 0 bridgehead atoms. The molecule has 0 aliphatic rings. The van der Waals surface area contributed by atoms with Crippen LogP contribution in [0.3, 0.4) is 0 Å². The average Bonchev–Trinajstić information content (AvgIpc) is 2.44. The van der Waals surface area contributed by atoms with Crippen LogP contribution in [0.4, 0.5) is 4.79 Å². The first-order valence-corrected chi connectivity index (χ1v) is 7.43. The van der Waals surface area contributed by atoms with Crippen molar-refractivity contribution in [3.63, 3.8) is 0 Å². The zero-order valence-corrected chi connectivity index (χ0v) is 13.8. The number of hydrogen-bond acceptors (Lipinski definition) is 2. The van der Waals surface area contributed by atoms with Crippen molar-refractivity contribution in [3.8, 4) is 0 Å². The predicted octanol–water partition coefficient (Wildman–Crippen LogP) is 2.67. The first-order chi connectivity index (χ1) is 9.75. The number of amides is 2. The van der Waals surface area contributed by atoms with Gasteiger partial charge < -0.3 is 15.3 Å². The van der Waals surface area contributed by atoms with Crippen LogP contribution in [0.15, 0.2) is 30.3 Å². The Labute approximate surface area is 128 Å². The third kappa shape index (κ3) is 5.38. The molecule has 1 aromatic carbocycles. The van der Waals surface area contributed by atoms with Gasteiger partial charge in [0.15, 0.2) is 0 Å². The van der Waals surface area contributed by atoms with E-state index < -0.39 is 0 Å². The Hall–Kier alpha value is -1.55. The molecule has 0 spiro atoms. The molecular formula is C17H28N2O2. The van der Waals surface area contributed by atoms with Gasteiger partial charge in [0.25, 0.3) is 0 Å². The zero-order valence-electron chi connectivity index (χ0n) is 13.8. The van der Waals surface area contributed by atoms with E-state index in [0.29, 0.717) is 0 Å². The van der Waals surface area contributed by atoms with E-state index >= 15 is 0 Å². The lowest BCUT2D eigenvalue weighted by Crippen LogP contribution is -2.52. The number of carbonyl (C=O) groups excluding carboxylic acids is 1. The van der Waals surface area contributed by atoms with E-state index in [9.17, 15) is 4.79 Å². The molecule has 0 heterocycles. The lowest BCUT2D eigenvalue weighted by Gasteiger charge is -2.34. The summed E-state index contributed by atoms with van der Waals surface area (Å²) < 4.78 is 0. The fourth-order valence-corrected chi connectivity index (χ4v) is 2.00. The molecule has 0 aliphatic carbocycles. The fraction of sp³-hybridized carbons (Fsp3) is 0.588. The van der Waals surface area contributed by atoms with Crippen molar-refractivity contribution < 1.29 is 9.90 Å². The maximum atomic E-state index is 12.3. The molecule has 118 valence electrons. The highest BCUT2D eigenvalue weighted by atomic mass is 16.3. The monoisotopic (exact) mass is 292 g/mol. The van der Waals surface area contributed by atoms with Crippen LogP contribution in [0.1, 0.15) is 33.3 Å². The first kappa shape index (κ1) is 17.5. The van der Waals surface area contributed by atoms with Crippen LogP contribution in [0.2, 0.25) is 0 Å². The molecular weight excluding hydrogens is 264 g/mol. The van der Waals surface area contributed by atoms with Crippen LogP contribution in [0, 0.1) is 5.41 Å². The summed E-state index contributed by atoms with van der Waals surface area (Å²) in [5.41, 5.74) is 1.16. The van der Waals surface area contributed by atoms with Gasteiger partial charge in [0.1, 0.15) is 0 Å². The van der Waals surface area contributed by atoms with Crippen LogP contribution < -0.4 is 5.32 Å². The summed E-state index contributed by atoms with van der Waals surface area (Å²) in [7, 11) is 1.71. The van der Waals surface area contributed by atoms with E-state index in [1.807, 2.05) is 25.1 Å². The molecule has 0 radical (unpaired) electrons. The SMILES string of the molecule is CC(CO)N(C)C(=O)NC(Cc1ccccc1)C(C)(C)C. The number of nitrogens with zero attached hydrogens (tertiary/aromatic N) is 1. The highest BCUT2D eigenvalue weighted by molar-refractivity contribution is 5.74. The number of aliphatic hydroxyl groups excluding tert-OH is 1. The Bertz CT molecular complexity index is 440. The largest absolute Gasteiger partial charge is 0.394 e. The Kier molecular flexibility index (Phi) is 6.21. The van der Waals surface area contributed by atoms with Gasteiger partial charge in [0.05, 0.1) is 12.6 Å². The Morgan fingerprint density at radius 2 is 1.86 bits per heavy atom. The third-order valence-electron chi connectivity index (χ3n) is 3.87. The molecule has 0 fully saturated rings. The number of carbonyl (C=O) groups is 1. The molecule has 4 nitrogen and oxygen atoms in total. The Morgan fingerprint density at radius 3 is 2.33 bits per heavy atom. The number of benzene rings is 1. The highest BCUT2D eigenvalue weighted by Gasteiger charge is 2.28. The van der Waals surface area contributed by atoms with Gasteiger partial charge in [-0.2, -0.15) is 0 Å². The van der Waals surface area contributed by atoms with Crippen molar-refractivity contribution in [2.24, 2.45) is 5.41 Å². The molecule has 2 atom stereocenters. The summed E-state index contributed by atoms with van der Waals surface area (Å²) in [6.45, 7) is 8.15. The third-order valence-corrected chi connectivity index (χ3v) is 3.87. The molecule has 1 aromatic rings. The van der Waals surface area contributed by atoms with Crippen LogP contribution in [-0.4, -0.2) is 41.8 Å². The summed E-state index contributed by atoms with van der Waals surface area (Å²) >= 11 is 0. The second-order valence-electron chi connectivity index (χ2n) is 6.70. The molecule has 0 saturated carbocycles. The summed E-state index contributed by atoms with van der Waals surface area (Å²) in [4.78, 5) is 13.8. The van der Waals surface area contributed by atoms with Crippen LogP contribution in [0.5, 0.6) is 0 Å². The summed E-state index contributed by atoms with van der Waals surface area (Å²) in [5, 5.41) is 12.3. The number of likely N-dealkylation sites (N-methyl/N-ethyl adjacent to an activating group) is 1. The maximum absolute atomic E-state index is 12.3. The van der Waals surface area contributed by atoms with Gasteiger partial charge in [-0.3, -0.25) is 0 Å². The van der Waals surface area contributed by atoms with Gasteiger partial charge in [-0.05, 0) is 24.3 Å². The van der Waals surface area contributed by atoms with Gasteiger partial charge in [0.2, 0.25) is 0 Å². The van der Waals surface area contributed by atoms with Crippen molar-refractivity contribution in [2.75, 3.05) is 13.7 Å². The molecule has 4 heteroatoms. The van der Waals surface area contributed by atoms with E-state index in [2.05, 4.69) is 38.2 Å². The van der Waals surface area contributed by atoms with Crippen LogP contribution in [0.25, 0.3) is 0 Å². The predicted molar refractivity (Wildman–Crippen MR) is 86.2 cm³/mol. The van der Waals surface area contributed by atoms with Gasteiger partial charge in [-0.25, -0.2) is 4.79 Å². The lowest BCUT2D eigenvalue weighted by atomic mass is 9.83. The van der Waals surface area contributed by atoms with Crippen LogP contribution >= 0.6 is 0 Å². The molecule has 0 aliphatic heterocycles. The van der Waals surface area contributed by atoms with Crippen molar-refractivity contribution in [2.45, 2.75) is 46.2 Å². The first-order valence-electron chi connectivity index (χ1n) is 7.43. The summed E-state index contributed by atoms with van der Waals surface area (Å²) in [6.07, 6.45) is 0.789. The minimum absolute atomic E-state index is 0.0285. The molecule has 0 aromatic heterocycles. The quantitative estimate of drug-likeness (QED) is 0.876. The molecule has 0 saturated heterocycles. The molecule has 1 rings (SSSR count). The van der Waals surface area contributed by atoms with E-state index in [1.165, 1.54) is 5.56 Å². The van der Waals surface area contributed by atoms with Crippen molar-refractivity contribution in [1.29, 1.82) is 0 Å². The molecule has 2 N–H and O–H groups in total. The Morgan fingerprint density at radius 1 is 1.29 bits per heavy atom. The maximum Gasteiger partial charge on any atom is 0.317 e. The number of rotatable bonds is 5. The topological polar surface area (TPSA) is 52.6 Å². The van der Waals surface area contributed by atoms with Crippen molar-refractivity contribution >= 4 is 6.03 Å². The standard InChI is InChI=1S/C17H28N2O2/c1-13(12-20)19(5)16(21)18-15(17(2,3)4)11-14-9-7-6-8-10-14/h6-10,13,15,20H,11-12H2,1-5H3,(H,18,21). The summed E-state index contributed by atoms with van der Waals surface area (Å²) in [6, 6.07) is 9.85. The highest BCUT2D eigenvalue weighted by Crippen LogP contribution is 2.23. The molecule has 2 unspecified atom stereocenters. The van der Waals surface area contributed by atoms with Gasteiger partial charge in [-0.1, -0.05) is 51.1 Å². The lowest BCUT2D eigenvalue weighted by molar-refractivity contribution is 0.147.